The van der Waals surface area contributed by atoms with Crippen LogP contribution in [-0.2, 0) is 0 Å². The maximum absolute atomic E-state index is 6.29. The summed E-state index contributed by atoms with van der Waals surface area (Å²) >= 11 is 0. The van der Waals surface area contributed by atoms with Crippen LogP contribution in [0.15, 0.2) is 24.4 Å². The van der Waals surface area contributed by atoms with E-state index in [-0.39, 0.29) is 0 Å². The molecule has 0 aromatic carbocycles. The van der Waals surface area contributed by atoms with Crippen LogP contribution in [0.5, 0.6) is 0 Å². The largest absolute Gasteiger partial charge is 0.327 e. The SMILES string of the molecule is Cc1nc2ccccn2c1C1CCCCC1N. The number of fused-ring (bicyclic) bond motifs is 1. The molecule has 2 aromatic heterocycles. The molecule has 3 heteroatoms. The molecule has 3 rings (SSSR count). The van der Waals surface area contributed by atoms with E-state index in [1.165, 1.54) is 25.0 Å². The molecule has 90 valence electrons. The molecule has 0 radical (unpaired) electrons. The first-order valence-electron chi connectivity index (χ1n) is 6.46. The number of nitrogens with two attached hydrogens (primary N) is 1. The first kappa shape index (κ1) is 10.8. The third-order valence-electron chi connectivity index (χ3n) is 3.92. The Bertz CT molecular complexity index is 529. The number of aromatic nitrogens is 2. The lowest BCUT2D eigenvalue weighted by Gasteiger charge is -2.28. The van der Waals surface area contributed by atoms with E-state index in [9.17, 15) is 0 Å². The van der Waals surface area contributed by atoms with Gasteiger partial charge in [-0.05, 0) is 31.9 Å². The molecule has 1 fully saturated rings. The highest BCUT2D eigenvalue weighted by atomic mass is 15.0. The Morgan fingerprint density at radius 1 is 1.29 bits per heavy atom. The van der Waals surface area contributed by atoms with Crippen LogP contribution in [0.2, 0.25) is 0 Å². The lowest BCUT2D eigenvalue weighted by atomic mass is 9.82. The van der Waals surface area contributed by atoms with Gasteiger partial charge in [0.05, 0.1) is 5.69 Å². The van der Waals surface area contributed by atoms with Gasteiger partial charge in [0.2, 0.25) is 0 Å². The van der Waals surface area contributed by atoms with Gasteiger partial charge in [-0.3, -0.25) is 0 Å². The predicted octanol–water partition coefficient (Wildman–Crippen LogP) is 2.63. The van der Waals surface area contributed by atoms with Crippen LogP contribution in [0.25, 0.3) is 5.65 Å². The first-order chi connectivity index (χ1) is 8.27. The van der Waals surface area contributed by atoms with Crippen molar-refractivity contribution in [3.05, 3.63) is 35.8 Å². The highest BCUT2D eigenvalue weighted by Crippen LogP contribution is 2.33. The van der Waals surface area contributed by atoms with Crippen LogP contribution in [0.4, 0.5) is 0 Å². The standard InChI is InChI=1S/C14H19N3/c1-10-14(11-6-2-3-7-12(11)15)17-9-5-4-8-13(17)16-10/h4-5,8-9,11-12H,2-3,6-7,15H2,1H3. The number of imidazole rings is 1. The predicted molar refractivity (Wildman–Crippen MR) is 69.1 cm³/mol. The summed E-state index contributed by atoms with van der Waals surface area (Å²) in [4.78, 5) is 4.63. The summed E-state index contributed by atoms with van der Waals surface area (Å²) in [7, 11) is 0. The van der Waals surface area contributed by atoms with Gasteiger partial charge in [0.25, 0.3) is 0 Å². The fourth-order valence-corrected chi connectivity index (χ4v) is 3.08. The zero-order chi connectivity index (χ0) is 11.8. The van der Waals surface area contributed by atoms with Crippen LogP contribution in [0.1, 0.15) is 43.0 Å². The maximum Gasteiger partial charge on any atom is 0.137 e. The number of hydrogen-bond donors (Lipinski definition) is 1. The molecule has 0 amide bonds. The van der Waals surface area contributed by atoms with Gasteiger partial charge in [-0.25, -0.2) is 4.98 Å². The van der Waals surface area contributed by atoms with Crippen LogP contribution >= 0.6 is 0 Å². The van der Waals surface area contributed by atoms with Crippen molar-refractivity contribution < 1.29 is 0 Å². The van der Waals surface area contributed by atoms with Gasteiger partial charge in [-0.2, -0.15) is 0 Å². The summed E-state index contributed by atoms with van der Waals surface area (Å²) in [6, 6.07) is 6.45. The van der Waals surface area contributed by atoms with Crippen molar-refractivity contribution >= 4 is 5.65 Å². The minimum atomic E-state index is 0.294. The second-order valence-corrected chi connectivity index (χ2v) is 5.07. The van der Waals surface area contributed by atoms with Crippen molar-refractivity contribution in [1.82, 2.24) is 9.38 Å². The molecule has 2 aromatic rings. The van der Waals surface area contributed by atoms with Crippen molar-refractivity contribution in [3.8, 4) is 0 Å². The minimum Gasteiger partial charge on any atom is -0.327 e. The van der Waals surface area contributed by atoms with Crippen LogP contribution in [0, 0.1) is 6.92 Å². The maximum atomic E-state index is 6.29. The highest BCUT2D eigenvalue weighted by Gasteiger charge is 2.27. The molecular formula is C14H19N3. The normalized spacial score (nSPS) is 25.3. The monoisotopic (exact) mass is 229 g/mol. The second-order valence-electron chi connectivity index (χ2n) is 5.07. The Morgan fingerprint density at radius 3 is 2.94 bits per heavy atom. The van der Waals surface area contributed by atoms with Crippen molar-refractivity contribution in [3.63, 3.8) is 0 Å². The molecule has 2 N–H and O–H groups in total. The van der Waals surface area contributed by atoms with Gasteiger partial charge in [-0.15, -0.1) is 0 Å². The van der Waals surface area contributed by atoms with Gasteiger partial charge in [-0.1, -0.05) is 18.9 Å². The zero-order valence-electron chi connectivity index (χ0n) is 10.3. The highest BCUT2D eigenvalue weighted by molar-refractivity contribution is 5.44. The summed E-state index contributed by atoms with van der Waals surface area (Å²) in [6.45, 7) is 2.10. The molecule has 2 heterocycles. The van der Waals surface area contributed by atoms with Crippen LogP contribution < -0.4 is 5.73 Å². The fourth-order valence-electron chi connectivity index (χ4n) is 3.08. The third kappa shape index (κ3) is 1.75. The van der Waals surface area contributed by atoms with E-state index in [2.05, 4.69) is 34.6 Å². The Balaban J connectivity index is 2.12. The summed E-state index contributed by atoms with van der Waals surface area (Å²) in [5.41, 5.74) is 9.79. The van der Waals surface area contributed by atoms with Crippen molar-refractivity contribution in [2.45, 2.75) is 44.6 Å². The van der Waals surface area contributed by atoms with Crippen LogP contribution in [0.3, 0.4) is 0 Å². The molecular weight excluding hydrogens is 210 g/mol. The molecule has 2 unspecified atom stereocenters. The Morgan fingerprint density at radius 2 is 2.12 bits per heavy atom. The Labute approximate surface area is 102 Å². The Hall–Kier alpha value is -1.35. The number of hydrogen-bond acceptors (Lipinski definition) is 2. The second kappa shape index (κ2) is 4.15. The van der Waals surface area contributed by atoms with Gasteiger partial charge in [0, 0.05) is 23.9 Å². The molecule has 3 nitrogen and oxygen atoms in total. The summed E-state index contributed by atoms with van der Waals surface area (Å²) in [6.07, 6.45) is 7.01. The third-order valence-corrected chi connectivity index (χ3v) is 3.92. The van der Waals surface area contributed by atoms with Gasteiger partial charge in [0.1, 0.15) is 5.65 Å². The molecule has 1 aliphatic carbocycles. The molecule has 0 spiro atoms. The molecule has 1 aliphatic rings. The van der Waals surface area contributed by atoms with E-state index in [1.807, 2.05) is 6.07 Å². The summed E-state index contributed by atoms with van der Waals surface area (Å²) in [5, 5.41) is 0. The van der Waals surface area contributed by atoms with E-state index in [0.29, 0.717) is 12.0 Å². The quantitative estimate of drug-likeness (QED) is 0.817. The topological polar surface area (TPSA) is 43.3 Å². The fraction of sp³-hybridized carbons (Fsp3) is 0.500. The Kier molecular flexibility index (Phi) is 2.63. The number of nitrogens with zero attached hydrogens (tertiary/aromatic N) is 2. The van der Waals surface area contributed by atoms with Gasteiger partial charge < -0.3 is 10.1 Å². The number of rotatable bonds is 1. The lowest BCUT2D eigenvalue weighted by molar-refractivity contribution is 0.377. The van der Waals surface area contributed by atoms with Crippen LogP contribution in [-0.4, -0.2) is 15.4 Å². The molecule has 17 heavy (non-hydrogen) atoms. The zero-order valence-corrected chi connectivity index (χ0v) is 10.3. The van der Waals surface area contributed by atoms with Gasteiger partial charge in [0.15, 0.2) is 0 Å². The average molecular weight is 229 g/mol. The van der Waals surface area contributed by atoms with E-state index >= 15 is 0 Å². The first-order valence-corrected chi connectivity index (χ1v) is 6.46. The molecule has 0 aliphatic heterocycles. The number of pyridine rings is 1. The molecule has 0 saturated heterocycles. The lowest BCUT2D eigenvalue weighted by Crippen LogP contribution is -2.32. The molecule has 0 bridgehead atoms. The smallest absolute Gasteiger partial charge is 0.137 e. The molecule has 2 atom stereocenters. The summed E-state index contributed by atoms with van der Waals surface area (Å²) in [5.74, 6) is 0.473. The van der Waals surface area contributed by atoms with Crippen molar-refractivity contribution in [2.24, 2.45) is 5.73 Å². The van der Waals surface area contributed by atoms with E-state index in [4.69, 9.17) is 5.73 Å². The average Bonchev–Trinajstić information content (AvgIpc) is 2.66. The van der Waals surface area contributed by atoms with E-state index in [1.54, 1.807) is 0 Å². The van der Waals surface area contributed by atoms with Crippen molar-refractivity contribution in [1.29, 1.82) is 0 Å². The minimum absolute atomic E-state index is 0.294. The number of aryl methyl sites for hydroxylation is 1. The van der Waals surface area contributed by atoms with E-state index < -0.39 is 0 Å². The van der Waals surface area contributed by atoms with Crippen molar-refractivity contribution in [2.75, 3.05) is 0 Å². The van der Waals surface area contributed by atoms with Gasteiger partial charge >= 0.3 is 0 Å². The molecule has 1 saturated carbocycles. The van der Waals surface area contributed by atoms with E-state index in [0.717, 1.165) is 17.8 Å². The summed E-state index contributed by atoms with van der Waals surface area (Å²) < 4.78 is 2.21.